The Bertz CT molecular complexity index is 585. The van der Waals surface area contributed by atoms with Crippen LogP contribution < -0.4 is 10.1 Å². The minimum atomic E-state index is -0.416. The molecule has 0 saturated carbocycles. The predicted octanol–water partition coefficient (Wildman–Crippen LogP) is 2.49. The van der Waals surface area contributed by atoms with Crippen molar-refractivity contribution in [3.63, 3.8) is 0 Å². The molecule has 0 aliphatic carbocycles. The summed E-state index contributed by atoms with van der Waals surface area (Å²) in [5.74, 6) is 0.0636. The molecule has 0 atom stereocenters. The highest BCUT2D eigenvalue weighted by Gasteiger charge is 2.12. The van der Waals surface area contributed by atoms with Gasteiger partial charge in [0.25, 0.3) is 0 Å². The smallest absolute Gasteiger partial charge is 0.341 e. The second kappa shape index (κ2) is 6.56. The molecule has 1 N–H and O–H groups in total. The molecule has 5 heteroatoms. The number of nitrogens with zero attached hydrogens (tertiary/aromatic N) is 1. The minimum absolute atomic E-state index is 0.405. The van der Waals surface area contributed by atoms with Gasteiger partial charge in [0.2, 0.25) is 0 Å². The first-order valence-electron chi connectivity index (χ1n) is 6.13. The average Bonchev–Trinajstić information content (AvgIpc) is 2.52. The van der Waals surface area contributed by atoms with Crippen molar-refractivity contribution in [1.29, 1.82) is 0 Å². The summed E-state index contributed by atoms with van der Waals surface area (Å²) in [6.07, 6.45) is 3.53. The maximum absolute atomic E-state index is 11.6. The highest BCUT2D eigenvalue weighted by atomic mass is 16.5. The first kappa shape index (κ1) is 13.9. The highest BCUT2D eigenvalue weighted by molar-refractivity contribution is 5.93. The number of aromatic nitrogens is 1. The molecule has 0 bridgehead atoms. The number of rotatable bonds is 5. The van der Waals surface area contributed by atoms with E-state index in [4.69, 9.17) is 9.47 Å². The molecule has 0 unspecified atom stereocenters. The summed E-state index contributed by atoms with van der Waals surface area (Å²) in [6, 6.07) is 9.13. The van der Waals surface area contributed by atoms with Gasteiger partial charge in [0.15, 0.2) is 0 Å². The van der Waals surface area contributed by atoms with Crippen molar-refractivity contribution in [1.82, 2.24) is 4.98 Å². The van der Waals surface area contributed by atoms with Crippen molar-refractivity contribution in [3.8, 4) is 5.75 Å². The molecule has 0 aliphatic heterocycles. The van der Waals surface area contributed by atoms with Crippen LogP contribution in [0.3, 0.4) is 0 Å². The monoisotopic (exact) mass is 272 g/mol. The number of carbonyl (C=O) groups excluding carboxylic acids is 1. The number of carbonyl (C=O) groups is 1. The quantitative estimate of drug-likeness (QED) is 0.847. The molecule has 0 fully saturated rings. The largest absolute Gasteiger partial charge is 0.496 e. The van der Waals surface area contributed by atoms with E-state index >= 15 is 0 Å². The lowest BCUT2D eigenvalue weighted by molar-refractivity contribution is 0.0597. The summed E-state index contributed by atoms with van der Waals surface area (Å²) in [7, 11) is 2.86. The Morgan fingerprint density at radius 2 is 2.15 bits per heavy atom. The first-order valence-corrected chi connectivity index (χ1v) is 6.13. The van der Waals surface area contributed by atoms with Gasteiger partial charge in [-0.05, 0) is 23.8 Å². The summed E-state index contributed by atoms with van der Waals surface area (Å²) in [5, 5.41) is 3.25. The summed E-state index contributed by atoms with van der Waals surface area (Å²) in [6.45, 7) is 0.647. The molecule has 2 rings (SSSR count). The molecule has 104 valence electrons. The molecular weight excluding hydrogens is 256 g/mol. The van der Waals surface area contributed by atoms with Crippen molar-refractivity contribution in [2.45, 2.75) is 6.54 Å². The van der Waals surface area contributed by atoms with Crippen LogP contribution in [0.5, 0.6) is 5.75 Å². The third-order valence-electron chi connectivity index (χ3n) is 2.83. The average molecular weight is 272 g/mol. The Labute approximate surface area is 117 Å². The van der Waals surface area contributed by atoms with Crippen molar-refractivity contribution in [2.24, 2.45) is 0 Å². The van der Waals surface area contributed by atoms with Gasteiger partial charge in [0, 0.05) is 30.7 Å². The molecule has 1 heterocycles. The lowest BCUT2D eigenvalue weighted by Crippen LogP contribution is -2.05. The zero-order valence-electron chi connectivity index (χ0n) is 11.4. The molecule has 0 aliphatic rings. The van der Waals surface area contributed by atoms with E-state index in [1.54, 1.807) is 24.5 Å². The SMILES string of the molecule is COC(=O)c1ccc(NCc2cccnc2)cc1OC. The van der Waals surface area contributed by atoms with Crippen LogP contribution in [0.15, 0.2) is 42.7 Å². The second-order valence-electron chi connectivity index (χ2n) is 4.12. The van der Waals surface area contributed by atoms with Gasteiger partial charge in [0.1, 0.15) is 11.3 Å². The van der Waals surface area contributed by atoms with E-state index < -0.39 is 5.97 Å². The van der Waals surface area contributed by atoms with E-state index in [9.17, 15) is 4.79 Å². The van der Waals surface area contributed by atoms with Gasteiger partial charge in [-0.1, -0.05) is 6.07 Å². The Kier molecular flexibility index (Phi) is 4.55. The molecule has 0 radical (unpaired) electrons. The molecule has 20 heavy (non-hydrogen) atoms. The van der Waals surface area contributed by atoms with E-state index in [0.29, 0.717) is 17.9 Å². The second-order valence-corrected chi connectivity index (χ2v) is 4.12. The van der Waals surface area contributed by atoms with Crippen LogP contribution in [0.2, 0.25) is 0 Å². The summed E-state index contributed by atoms with van der Waals surface area (Å²) in [5.41, 5.74) is 2.34. The van der Waals surface area contributed by atoms with Crippen LogP contribution >= 0.6 is 0 Å². The van der Waals surface area contributed by atoms with Crippen LogP contribution in [-0.2, 0) is 11.3 Å². The molecule has 5 nitrogen and oxygen atoms in total. The fraction of sp³-hybridized carbons (Fsp3) is 0.200. The first-order chi connectivity index (χ1) is 9.74. The molecule has 1 aromatic carbocycles. The van der Waals surface area contributed by atoms with Crippen LogP contribution in [0.25, 0.3) is 0 Å². The van der Waals surface area contributed by atoms with E-state index in [1.165, 1.54) is 14.2 Å². The summed E-state index contributed by atoms with van der Waals surface area (Å²) in [4.78, 5) is 15.6. The number of esters is 1. The number of benzene rings is 1. The Hall–Kier alpha value is -2.56. The van der Waals surface area contributed by atoms with E-state index in [-0.39, 0.29) is 0 Å². The highest BCUT2D eigenvalue weighted by Crippen LogP contribution is 2.24. The van der Waals surface area contributed by atoms with Crippen molar-refractivity contribution in [3.05, 3.63) is 53.9 Å². The zero-order valence-corrected chi connectivity index (χ0v) is 11.4. The molecule has 0 spiro atoms. The maximum Gasteiger partial charge on any atom is 0.341 e. The number of methoxy groups -OCH3 is 2. The molecule has 0 saturated heterocycles. The van der Waals surface area contributed by atoms with Gasteiger partial charge in [-0.25, -0.2) is 4.79 Å². The van der Waals surface area contributed by atoms with Crippen molar-refractivity contribution < 1.29 is 14.3 Å². The van der Waals surface area contributed by atoms with Gasteiger partial charge < -0.3 is 14.8 Å². The summed E-state index contributed by atoms with van der Waals surface area (Å²) < 4.78 is 9.91. The Morgan fingerprint density at radius 3 is 2.80 bits per heavy atom. The Morgan fingerprint density at radius 1 is 1.30 bits per heavy atom. The molecule has 1 aromatic heterocycles. The lowest BCUT2D eigenvalue weighted by Gasteiger charge is -2.11. The zero-order chi connectivity index (χ0) is 14.4. The van der Waals surface area contributed by atoms with Gasteiger partial charge >= 0.3 is 5.97 Å². The number of hydrogen-bond acceptors (Lipinski definition) is 5. The Balaban J connectivity index is 2.12. The van der Waals surface area contributed by atoms with Gasteiger partial charge in [-0.3, -0.25) is 4.98 Å². The number of nitrogens with one attached hydrogen (secondary N) is 1. The number of hydrogen-bond donors (Lipinski definition) is 1. The van der Waals surface area contributed by atoms with E-state index in [1.807, 2.05) is 18.2 Å². The van der Waals surface area contributed by atoms with Gasteiger partial charge in [-0.15, -0.1) is 0 Å². The number of pyridine rings is 1. The topological polar surface area (TPSA) is 60.5 Å². The van der Waals surface area contributed by atoms with Crippen LogP contribution in [-0.4, -0.2) is 25.2 Å². The normalized spacial score (nSPS) is 9.90. The van der Waals surface area contributed by atoms with Crippen molar-refractivity contribution >= 4 is 11.7 Å². The maximum atomic E-state index is 11.6. The fourth-order valence-corrected chi connectivity index (χ4v) is 1.79. The van der Waals surface area contributed by atoms with Crippen LogP contribution in [0.4, 0.5) is 5.69 Å². The predicted molar refractivity (Wildman–Crippen MR) is 75.9 cm³/mol. The third-order valence-corrected chi connectivity index (χ3v) is 2.83. The standard InChI is InChI=1S/C15H16N2O3/c1-19-14-8-12(5-6-13(14)15(18)20-2)17-10-11-4-3-7-16-9-11/h3-9,17H,10H2,1-2H3. The lowest BCUT2D eigenvalue weighted by atomic mass is 10.1. The molecule has 0 amide bonds. The van der Waals surface area contributed by atoms with Crippen LogP contribution in [0.1, 0.15) is 15.9 Å². The van der Waals surface area contributed by atoms with Crippen LogP contribution in [0, 0.1) is 0 Å². The van der Waals surface area contributed by atoms with E-state index in [2.05, 4.69) is 10.3 Å². The molecular formula is C15H16N2O3. The third kappa shape index (κ3) is 3.26. The number of anilines is 1. The summed E-state index contributed by atoms with van der Waals surface area (Å²) >= 11 is 0. The fourth-order valence-electron chi connectivity index (χ4n) is 1.79. The van der Waals surface area contributed by atoms with Crippen molar-refractivity contribution in [2.75, 3.05) is 19.5 Å². The number of ether oxygens (including phenoxy) is 2. The minimum Gasteiger partial charge on any atom is -0.496 e. The van der Waals surface area contributed by atoms with Gasteiger partial charge in [0.05, 0.1) is 14.2 Å². The molecule has 2 aromatic rings. The van der Waals surface area contributed by atoms with E-state index in [0.717, 1.165) is 11.3 Å². The van der Waals surface area contributed by atoms with Gasteiger partial charge in [-0.2, -0.15) is 0 Å².